The molecule has 2 nitrogen and oxygen atoms in total. The van der Waals surface area contributed by atoms with Gasteiger partial charge in [0.1, 0.15) is 5.75 Å². The summed E-state index contributed by atoms with van der Waals surface area (Å²) in [6.45, 7) is 6.27. The third kappa shape index (κ3) is 3.72. The molecule has 16 heavy (non-hydrogen) atoms. The van der Waals surface area contributed by atoms with Crippen LogP contribution in [0.2, 0.25) is 0 Å². The van der Waals surface area contributed by atoms with Gasteiger partial charge in [-0.25, -0.2) is 0 Å². The molecule has 1 aromatic rings. The molecule has 1 atom stereocenters. The van der Waals surface area contributed by atoms with E-state index >= 15 is 0 Å². The number of thioether (sulfide) groups is 1. The highest BCUT2D eigenvalue weighted by Crippen LogP contribution is 2.32. The minimum atomic E-state index is 0.269. The Bertz CT molecular complexity index is 350. The maximum Gasteiger partial charge on any atom is 0.132 e. The first kappa shape index (κ1) is 13.4. The van der Waals surface area contributed by atoms with Crippen molar-refractivity contribution in [2.45, 2.75) is 38.1 Å². The summed E-state index contributed by atoms with van der Waals surface area (Å²) in [6, 6.07) is 4.56. The lowest BCUT2D eigenvalue weighted by atomic mass is 10.1. The van der Waals surface area contributed by atoms with E-state index in [0.717, 1.165) is 17.9 Å². The van der Waals surface area contributed by atoms with Crippen molar-refractivity contribution in [3.63, 3.8) is 0 Å². The van der Waals surface area contributed by atoms with E-state index in [9.17, 15) is 0 Å². The molecule has 0 saturated heterocycles. The summed E-state index contributed by atoms with van der Waals surface area (Å²) in [6.07, 6.45) is 1.03. The van der Waals surface area contributed by atoms with E-state index in [0.29, 0.717) is 0 Å². The first-order valence-corrected chi connectivity index (χ1v) is 6.56. The van der Waals surface area contributed by atoms with Gasteiger partial charge in [-0.05, 0) is 56.2 Å². The second kappa shape index (κ2) is 6.16. The predicted octanol–water partition coefficient (Wildman–Crippen LogP) is 3.14. The number of hydrogen-bond donors (Lipinski definition) is 1. The molecule has 0 aliphatic carbocycles. The average molecular weight is 239 g/mol. The molecule has 0 radical (unpaired) electrons. The molecule has 0 aromatic heterocycles. The summed E-state index contributed by atoms with van der Waals surface area (Å²) >= 11 is 1.82. The molecule has 0 bridgehead atoms. The van der Waals surface area contributed by atoms with Gasteiger partial charge in [0.25, 0.3) is 0 Å². The lowest BCUT2D eigenvalue weighted by molar-refractivity contribution is 0.404. The Hall–Kier alpha value is -0.670. The van der Waals surface area contributed by atoms with Crippen molar-refractivity contribution < 1.29 is 4.74 Å². The summed E-state index contributed by atoms with van der Waals surface area (Å²) in [4.78, 5) is 1.21. The van der Waals surface area contributed by atoms with Gasteiger partial charge in [-0.15, -0.1) is 11.8 Å². The van der Waals surface area contributed by atoms with Crippen molar-refractivity contribution in [2.75, 3.05) is 12.9 Å². The number of rotatable bonds is 5. The van der Waals surface area contributed by atoms with Crippen LogP contribution in [-0.4, -0.2) is 18.9 Å². The Morgan fingerprint density at radius 3 is 2.50 bits per heavy atom. The van der Waals surface area contributed by atoms with Gasteiger partial charge in [0.15, 0.2) is 0 Å². The number of hydrogen-bond acceptors (Lipinski definition) is 3. The number of ether oxygens (including phenoxy) is 1. The predicted molar refractivity (Wildman–Crippen MR) is 71.5 cm³/mol. The van der Waals surface area contributed by atoms with Crippen LogP contribution in [0.5, 0.6) is 5.75 Å². The molecular weight excluding hydrogens is 218 g/mol. The van der Waals surface area contributed by atoms with Crippen LogP contribution in [0.3, 0.4) is 0 Å². The van der Waals surface area contributed by atoms with E-state index in [4.69, 9.17) is 10.5 Å². The summed E-state index contributed by atoms with van der Waals surface area (Å²) in [5, 5.41) is 0. The van der Waals surface area contributed by atoms with Crippen LogP contribution in [0.4, 0.5) is 0 Å². The normalized spacial score (nSPS) is 12.6. The van der Waals surface area contributed by atoms with Gasteiger partial charge in [0, 0.05) is 10.9 Å². The number of aryl methyl sites for hydroxylation is 2. The van der Waals surface area contributed by atoms with Crippen LogP contribution >= 0.6 is 11.8 Å². The molecule has 1 rings (SSSR count). The number of nitrogens with two attached hydrogens (primary N) is 1. The van der Waals surface area contributed by atoms with Crippen molar-refractivity contribution in [1.82, 2.24) is 0 Å². The van der Waals surface area contributed by atoms with Crippen molar-refractivity contribution in [3.8, 4) is 5.75 Å². The molecule has 0 heterocycles. The van der Waals surface area contributed by atoms with E-state index in [-0.39, 0.29) is 6.04 Å². The van der Waals surface area contributed by atoms with Crippen molar-refractivity contribution >= 4 is 11.8 Å². The fraction of sp³-hybridized carbons (Fsp3) is 0.538. The first-order chi connectivity index (χ1) is 7.54. The zero-order valence-electron chi connectivity index (χ0n) is 10.5. The first-order valence-electron chi connectivity index (χ1n) is 5.58. The Balaban J connectivity index is 2.74. The Kier molecular flexibility index (Phi) is 5.16. The Labute approximate surface area is 103 Å². The maximum atomic E-state index is 5.74. The molecular formula is C13H21NOS. The van der Waals surface area contributed by atoms with E-state index in [1.165, 1.54) is 16.0 Å². The topological polar surface area (TPSA) is 35.2 Å². The molecule has 0 aliphatic rings. The van der Waals surface area contributed by atoms with Crippen molar-refractivity contribution in [3.05, 3.63) is 23.3 Å². The molecule has 0 fully saturated rings. The van der Waals surface area contributed by atoms with Gasteiger partial charge in [0.2, 0.25) is 0 Å². The minimum absolute atomic E-state index is 0.269. The molecule has 90 valence electrons. The van der Waals surface area contributed by atoms with E-state index < -0.39 is 0 Å². The van der Waals surface area contributed by atoms with Crippen molar-refractivity contribution in [1.29, 1.82) is 0 Å². The number of methoxy groups -OCH3 is 1. The van der Waals surface area contributed by atoms with Crippen LogP contribution in [0, 0.1) is 13.8 Å². The van der Waals surface area contributed by atoms with Crippen LogP contribution in [-0.2, 0) is 0 Å². The minimum Gasteiger partial charge on any atom is -0.496 e. The number of benzene rings is 1. The van der Waals surface area contributed by atoms with Gasteiger partial charge in [-0.2, -0.15) is 0 Å². The van der Waals surface area contributed by atoms with Gasteiger partial charge in [-0.3, -0.25) is 0 Å². The highest BCUT2D eigenvalue weighted by atomic mass is 32.2. The smallest absolute Gasteiger partial charge is 0.132 e. The molecule has 2 N–H and O–H groups in total. The zero-order valence-corrected chi connectivity index (χ0v) is 11.4. The highest BCUT2D eigenvalue weighted by molar-refractivity contribution is 7.99. The van der Waals surface area contributed by atoms with Crippen molar-refractivity contribution in [2.24, 2.45) is 5.73 Å². The van der Waals surface area contributed by atoms with Crippen LogP contribution in [0.1, 0.15) is 24.5 Å². The second-order valence-corrected chi connectivity index (χ2v) is 5.34. The van der Waals surface area contributed by atoms with E-state index in [2.05, 4.69) is 26.0 Å². The van der Waals surface area contributed by atoms with Gasteiger partial charge in [0.05, 0.1) is 7.11 Å². The van der Waals surface area contributed by atoms with E-state index in [1.54, 1.807) is 7.11 Å². The monoisotopic (exact) mass is 239 g/mol. The van der Waals surface area contributed by atoms with Gasteiger partial charge >= 0.3 is 0 Å². The molecule has 1 aromatic carbocycles. The van der Waals surface area contributed by atoms with Crippen LogP contribution in [0.25, 0.3) is 0 Å². The third-order valence-corrected chi connectivity index (χ3v) is 3.68. The van der Waals surface area contributed by atoms with Crippen LogP contribution < -0.4 is 10.5 Å². The highest BCUT2D eigenvalue weighted by Gasteiger charge is 2.06. The zero-order chi connectivity index (χ0) is 12.1. The second-order valence-electron chi connectivity index (χ2n) is 4.20. The standard InChI is InChI=1S/C13H21NOS/c1-9-7-12(15-4)13(8-10(9)2)16-6-5-11(3)14/h7-8,11H,5-6,14H2,1-4H3. The SMILES string of the molecule is COc1cc(C)c(C)cc1SCCC(C)N. The molecule has 0 aliphatic heterocycles. The summed E-state index contributed by atoms with van der Waals surface area (Å²) < 4.78 is 5.39. The lowest BCUT2D eigenvalue weighted by Gasteiger charge is -2.12. The summed E-state index contributed by atoms with van der Waals surface area (Å²) in [7, 11) is 1.72. The maximum absolute atomic E-state index is 5.74. The summed E-state index contributed by atoms with van der Waals surface area (Å²) in [5.41, 5.74) is 8.32. The fourth-order valence-electron chi connectivity index (χ4n) is 1.39. The molecule has 3 heteroatoms. The van der Waals surface area contributed by atoms with Crippen LogP contribution in [0.15, 0.2) is 17.0 Å². The molecule has 0 saturated carbocycles. The largest absolute Gasteiger partial charge is 0.496 e. The summed E-state index contributed by atoms with van der Waals surface area (Å²) in [5.74, 6) is 2.01. The van der Waals surface area contributed by atoms with Gasteiger partial charge < -0.3 is 10.5 Å². The Morgan fingerprint density at radius 2 is 1.94 bits per heavy atom. The fourth-order valence-corrected chi connectivity index (χ4v) is 2.64. The average Bonchev–Trinajstić information content (AvgIpc) is 2.22. The third-order valence-electron chi connectivity index (χ3n) is 2.61. The van der Waals surface area contributed by atoms with Gasteiger partial charge in [-0.1, -0.05) is 0 Å². The Morgan fingerprint density at radius 1 is 1.31 bits per heavy atom. The molecule has 1 unspecified atom stereocenters. The lowest BCUT2D eigenvalue weighted by Crippen LogP contribution is -2.15. The quantitative estimate of drug-likeness (QED) is 0.802. The van der Waals surface area contributed by atoms with E-state index in [1.807, 2.05) is 18.7 Å². The molecule has 0 spiro atoms. The molecule has 0 amide bonds.